The summed E-state index contributed by atoms with van der Waals surface area (Å²) in [4.78, 5) is 13.2. The molecule has 1 N–H and O–H groups in total. The molecule has 36 heavy (non-hydrogen) atoms. The molecule has 1 aliphatic rings. The standard InChI is InChI=1S/C28H36N6OS/c1-18-25(26-24(36-18)15-29-27(32-26)31-21-14-30-33(5)17-21)22-8-7-19(13-23(22)35-6)16-34-11-9-20(10-12-34)28(2,3)4/h7-8,13-15,17,20H,9-12,16H2,1-6H3,(H,29,31,32). The summed E-state index contributed by atoms with van der Waals surface area (Å²) < 4.78 is 8.72. The minimum absolute atomic E-state index is 0.398. The highest BCUT2D eigenvalue weighted by Crippen LogP contribution is 2.42. The first kappa shape index (κ1) is 24.7. The second-order valence-electron chi connectivity index (χ2n) is 10.9. The molecule has 0 spiro atoms. The summed E-state index contributed by atoms with van der Waals surface area (Å²) in [5, 5.41) is 7.47. The van der Waals surface area contributed by atoms with E-state index in [1.54, 1.807) is 29.3 Å². The molecule has 1 saturated heterocycles. The van der Waals surface area contributed by atoms with Crippen LogP contribution in [0.5, 0.6) is 5.75 Å². The zero-order chi connectivity index (χ0) is 25.4. The fourth-order valence-corrected chi connectivity index (χ4v) is 6.24. The highest BCUT2D eigenvalue weighted by Gasteiger charge is 2.28. The summed E-state index contributed by atoms with van der Waals surface area (Å²) in [6.07, 6.45) is 8.10. The Labute approximate surface area is 217 Å². The zero-order valence-electron chi connectivity index (χ0n) is 22.1. The number of ether oxygens (including phenoxy) is 1. The first-order valence-corrected chi connectivity index (χ1v) is 13.4. The van der Waals surface area contributed by atoms with Crippen LogP contribution in [0, 0.1) is 18.3 Å². The molecule has 1 aliphatic heterocycles. The first-order valence-electron chi connectivity index (χ1n) is 12.6. The van der Waals surface area contributed by atoms with Crippen LogP contribution in [-0.4, -0.2) is 44.8 Å². The van der Waals surface area contributed by atoms with E-state index in [0.29, 0.717) is 11.4 Å². The third kappa shape index (κ3) is 5.11. The van der Waals surface area contributed by atoms with E-state index in [2.05, 4.69) is 66.2 Å². The molecule has 0 atom stereocenters. The Kier molecular flexibility index (Phi) is 6.74. The second-order valence-corrected chi connectivity index (χ2v) is 12.2. The van der Waals surface area contributed by atoms with Gasteiger partial charge in [0.1, 0.15) is 5.75 Å². The average Bonchev–Trinajstić information content (AvgIpc) is 3.40. The Morgan fingerprint density at radius 3 is 2.61 bits per heavy atom. The van der Waals surface area contributed by atoms with Crippen LogP contribution in [0.3, 0.4) is 0 Å². The van der Waals surface area contributed by atoms with Crippen molar-refractivity contribution in [2.75, 3.05) is 25.5 Å². The zero-order valence-corrected chi connectivity index (χ0v) is 22.9. The van der Waals surface area contributed by atoms with Crippen molar-refractivity contribution >= 4 is 33.2 Å². The highest BCUT2D eigenvalue weighted by atomic mass is 32.1. The van der Waals surface area contributed by atoms with Gasteiger partial charge in [-0.1, -0.05) is 32.9 Å². The third-order valence-electron chi connectivity index (χ3n) is 7.32. The number of fused-ring (bicyclic) bond motifs is 1. The number of likely N-dealkylation sites (tertiary alicyclic amines) is 1. The van der Waals surface area contributed by atoms with Crippen molar-refractivity contribution in [3.8, 4) is 16.9 Å². The molecule has 1 fully saturated rings. The maximum atomic E-state index is 5.91. The van der Waals surface area contributed by atoms with Crippen molar-refractivity contribution < 1.29 is 4.74 Å². The largest absolute Gasteiger partial charge is 0.496 e. The van der Waals surface area contributed by atoms with Crippen molar-refractivity contribution in [2.45, 2.75) is 47.1 Å². The van der Waals surface area contributed by atoms with Crippen LogP contribution in [0.25, 0.3) is 21.3 Å². The van der Waals surface area contributed by atoms with Crippen LogP contribution < -0.4 is 10.1 Å². The van der Waals surface area contributed by atoms with Gasteiger partial charge < -0.3 is 10.1 Å². The smallest absolute Gasteiger partial charge is 0.227 e. The summed E-state index contributed by atoms with van der Waals surface area (Å²) >= 11 is 1.71. The Hall–Kier alpha value is -2.97. The molecular formula is C28H36N6OS. The van der Waals surface area contributed by atoms with E-state index in [4.69, 9.17) is 9.72 Å². The molecule has 0 unspecified atom stereocenters. The molecular weight excluding hydrogens is 468 g/mol. The highest BCUT2D eigenvalue weighted by molar-refractivity contribution is 7.19. The fourth-order valence-electron chi connectivity index (χ4n) is 5.26. The number of benzene rings is 1. The number of nitrogens with one attached hydrogen (secondary N) is 1. The van der Waals surface area contributed by atoms with E-state index in [1.807, 2.05) is 19.4 Å². The van der Waals surface area contributed by atoms with Gasteiger partial charge in [-0.05, 0) is 55.8 Å². The maximum absolute atomic E-state index is 5.91. The summed E-state index contributed by atoms with van der Waals surface area (Å²) in [6, 6.07) is 6.64. The number of nitrogens with zero attached hydrogens (tertiary/aromatic N) is 5. The molecule has 0 amide bonds. The number of hydrogen-bond donors (Lipinski definition) is 1. The minimum atomic E-state index is 0.398. The third-order valence-corrected chi connectivity index (χ3v) is 8.35. The van der Waals surface area contributed by atoms with Crippen LogP contribution in [0.2, 0.25) is 0 Å². The van der Waals surface area contributed by atoms with Crippen LogP contribution in [-0.2, 0) is 13.6 Å². The van der Waals surface area contributed by atoms with Gasteiger partial charge in [0.25, 0.3) is 0 Å². The Morgan fingerprint density at radius 2 is 1.94 bits per heavy atom. The van der Waals surface area contributed by atoms with Crippen LogP contribution in [0.1, 0.15) is 44.1 Å². The number of aromatic nitrogens is 4. The molecule has 5 rings (SSSR count). The van der Waals surface area contributed by atoms with E-state index in [1.165, 1.54) is 23.3 Å². The van der Waals surface area contributed by atoms with E-state index in [-0.39, 0.29) is 0 Å². The lowest BCUT2D eigenvalue weighted by Crippen LogP contribution is -2.37. The lowest BCUT2D eigenvalue weighted by atomic mass is 9.75. The molecule has 190 valence electrons. The van der Waals surface area contributed by atoms with E-state index in [9.17, 15) is 0 Å². The maximum Gasteiger partial charge on any atom is 0.227 e. The Morgan fingerprint density at radius 1 is 1.17 bits per heavy atom. The summed E-state index contributed by atoms with van der Waals surface area (Å²) in [6.45, 7) is 12.5. The van der Waals surface area contributed by atoms with Gasteiger partial charge in [-0.15, -0.1) is 11.3 Å². The van der Waals surface area contributed by atoms with Gasteiger partial charge in [-0.3, -0.25) is 9.58 Å². The number of methoxy groups -OCH3 is 1. The number of hydrogen-bond acceptors (Lipinski definition) is 7. The summed E-state index contributed by atoms with van der Waals surface area (Å²) in [7, 11) is 3.64. The predicted octanol–water partition coefficient (Wildman–Crippen LogP) is 6.41. The van der Waals surface area contributed by atoms with Gasteiger partial charge in [-0.2, -0.15) is 5.10 Å². The molecule has 0 aliphatic carbocycles. The normalized spacial score (nSPS) is 15.5. The monoisotopic (exact) mass is 504 g/mol. The van der Waals surface area contributed by atoms with Gasteiger partial charge in [0.05, 0.1) is 35.4 Å². The molecule has 0 radical (unpaired) electrons. The Bertz CT molecular complexity index is 1360. The minimum Gasteiger partial charge on any atom is -0.496 e. The number of thiophene rings is 1. The number of aryl methyl sites for hydroxylation is 2. The molecule has 3 aromatic heterocycles. The van der Waals surface area contributed by atoms with Crippen molar-refractivity contribution in [1.29, 1.82) is 0 Å². The van der Waals surface area contributed by atoms with Crippen molar-refractivity contribution in [3.05, 3.63) is 47.2 Å². The molecule has 4 aromatic rings. The number of rotatable bonds is 6. The molecule has 7 nitrogen and oxygen atoms in total. The van der Waals surface area contributed by atoms with Crippen molar-refractivity contribution in [2.24, 2.45) is 18.4 Å². The molecule has 8 heteroatoms. The summed E-state index contributed by atoms with van der Waals surface area (Å²) in [5.74, 6) is 2.25. The number of piperidine rings is 1. The van der Waals surface area contributed by atoms with Crippen LogP contribution >= 0.6 is 11.3 Å². The lowest BCUT2D eigenvalue weighted by molar-refractivity contribution is 0.108. The quantitative estimate of drug-likeness (QED) is 0.327. The molecule has 1 aromatic carbocycles. The molecule has 0 bridgehead atoms. The van der Waals surface area contributed by atoms with Gasteiger partial charge >= 0.3 is 0 Å². The van der Waals surface area contributed by atoms with Crippen molar-refractivity contribution in [3.63, 3.8) is 0 Å². The van der Waals surface area contributed by atoms with Gasteiger partial charge in [0.2, 0.25) is 5.95 Å². The predicted molar refractivity (Wildman–Crippen MR) is 148 cm³/mol. The topological polar surface area (TPSA) is 68.1 Å². The van der Waals surface area contributed by atoms with Gasteiger partial charge in [0, 0.05) is 35.8 Å². The Balaban J connectivity index is 1.40. The van der Waals surface area contributed by atoms with Gasteiger partial charge in [-0.25, -0.2) is 9.97 Å². The summed E-state index contributed by atoms with van der Waals surface area (Å²) in [5.41, 5.74) is 5.67. The van der Waals surface area contributed by atoms with E-state index >= 15 is 0 Å². The molecule has 0 saturated carbocycles. The second kappa shape index (κ2) is 9.82. The van der Waals surface area contributed by atoms with Crippen LogP contribution in [0.4, 0.5) is 11.6 Å². The van der Waals surface area contributed by atoms with Crippen LogP contribution in [0.15, 0.2) is 36.8 Å². The average molecular weight is 505 g/mol. The lowest BCUT2D eigenvalue weighted by Gasteiger charge is -2.38. The van der Waals surface area contributed by atoms with E-state index < -0.39 is 0 Å². The fraction of sp³-hybridized carbons (Fsp3) is 0.464. The van der Waals surface area contributed by atoms with Crippen molar-refractivity contribution in [1.82, 2.24) is 24.6 Å². The number of anilines is 2. The first-order chi connectivity index (χ1) is 17.2. The van der Waals surface area contributed by atoms with E-state index in [0.717, 1.165) is 58.3 Å². The molecule has 4 heterocycles. The van der Waals surface area contributed by atoms with Gasteiger partial charge in [0.15, 0.2) is 0 Å². The SMILES string of the molecule is COc1cc(CN2CCC(C(C)(C)C)CC2)ccc1-c1c(C)sc2cnc(Nc3cnn(C)c3)nc12.